The summed E-state index contributed by atoms with van der Waals surface area (Å²) < 4.78 is 34.9. The number of allylic oxidation sites excluding steroid dienone is 2. The molecule has 6 atom stereocenters. The molecule has 2 aromatic carbocycles. The molecule has 6 rings (SSSR count). The molecular weight excluding hydrogens is 714 g/mol. The summed E-state index contributed by atoms with van der Waals surface area (Å²) in [5, 5.41) is 4.11. The number of nitrogens with one attached hydrogen (secondary N) is 1. The van der Waals surface area contributed by atoms with Gasteiger partial charge in [-0.15, -0.1) is 16.0 Å². The Morgan fingerprint density at radius 3 is 2.70 bits per heavy atom. The third kappa shape index (κ3) is 7.66. The van der Waals surface area contributed by atoms with Crippen LogP contribution in [0.1, 0.15) is 77.8 Å². The first-order valence-electron chi connectivity index (χ1n) is 18.1. The maximum Gasteiger partial charge on any atom is 0.286 e. The van der Waals surface area contributed by atoms with Crippen molar-refractivity contribution < 1.29 is 28.1 Å². The topological polar surface area (TPSA) is 132 Å². The Morgan fingerprint density at radius 1 is 1.21 bits per heavy atom. The number of amides is 2. The normalized spacial score (nSPS) is 22.7. The fourth-order valence-corrected chi connectivity index (χ4v) is 10.0. The number of fused-ring (bicyclic) bond motifs is 3. The number of halogens is 1. The molecule has 0 saturated heterocycles. The Bertz CT molecular complexity index is 2070. The predicted molar refractivity (Wildman–Crippen MR) is 207 cm³/mol. The number of hydrogen-bond donors (Lipinski definition) is 1. The Hall–Kier alpha value is -4.42. The van der Waals surface area contributed by atoms with Crippen molar-refractivity contribution in [3.05, 3.63) is 95.2 Å². The largest absolute Gasteiger partial charge is 0.490 e. The van der Waals surface area contributed by atoms with E-state index in [1.807, 2.05) is 19.1 Å². The quantitative estimate of drug-likeness (QED) is 0.156. The molecule has 2 amide bonds. The number of ketones is 1. The number of methoxy groups -OCH3 is 1. The van der Waals surface area contributed by atoms with Crippen molar-refractivity contribution in [2.75, 3.05) is 31.7 Å². The van der Waals surface area contributed by atoms with Gasteiger partial charge in [0, 0.05) is 48.3 Å². The number of ether oxygens (including phenoxy) is 2. The third-order valence-corrected chi connectivity index (χ3v) is 13.9. The van der Waals surface area contributed by atoms with Gasteiger partial charge in [-0.25, -0.2) is 4.21 Å². The molecule has 3 aliphatic rings. The van der Waals surface area contributed by atoms with Crippen LogP contribution in [0, 0.1) is 17.8 Å². The molecule has 2 heterocycles. The molecule has 3 aromatic rings. The summed E-state index contributed by atoms with van der Waals surface area (Å²) >= 11 is 6.43. The van der Waals surface area contributed by atoms with Crippen LogP contribution < -0.4 is 19.1 Å². The molecule has 11 nitrogen and oxygen atoms in total. The molecule has 1 aliphatic heterocycles. The first kappa shape index (κ1) is 38.3. The fraction of sp³-hybridized carbons (Fsp3) is 0.450. The number of rotatable bonds is 12. The van der Waals surface area contributed by atoms with Gasteiger partial charge in [0.15, 0.2) is 5.78 Å². The van der Waals surface area contributed by atoms with E-state index < -0.39 is 27.0 Å². The van der Waals surface area contributed by atoms with Gasteiger partial charge in [-0.2, -0.15) is 0 Å². The fourth-order valence-electron chi connectivity index (χ4n) is 7.95. The van der Waals surface area contributed by atoms with Crippen molar-refractivity contribution >= 4 is 44.8 Å². The second kappa shape index (κ2) is 15.5. The number of aromatic nitrogens is 2. The molecule has 0 bridgehead atoms. The minimum absolute atomic E-state index is 0.0446. The molecule has 2 aliphatic carbocycles. The van der Waals surface area contributed by atoms with E-state index in [1.54, 1.807) is 38.2 Å². The number of aryl methyl sites for hydroxylation is 2. The van der Waals surface area contributed by atoms with Crippen LogP contribution in [0.3, 0.4) is 0 Å². The van der Waals surface area contributed by atoms with Gasteiger partial charge in [0.1, 0.15) is 21.2 Å². The highest BCUT2D eigenvalue weighted by atomic mass is 35.5. The number of carbonyl (C=O) groups excluding carboxylic acids is 3. The van der Waals surface area contributed by atoms with Crippen molar-refractivity contribution in [1.82, 2.24) is 14.5 Å². The summed E-state index contributed by atoms with van der Waals surface area (Å²) in [6.07, 6.45) is 9.57. The van der Waals surface area contributed by atoms with Gasteiger partial charge in [-0.1, -0.05) is 37.2 Å². The molecule has 282 valence electrons. The summed E-state index contributed by atoms with van der Waals surface area (Å²) in [5.41, 5.74) is 3.02. The lowest BCUT2D eigenvalue weighted by Crippen LogP contribution is -2.49. The van der Waals surface area contributed by atoms with Crippen molar-refractivity contribution in [3.8, 4) is 11.6 Å². The minimum atomic E-state index is -3.70. The van der Waals surface area contributed by atoms with Crippen LogP contribution in [0.25, 0.3) is 0 Å². The molecule has 1 unspecified atom stereocenters. The lowest BCUT2D eigenvalue weighted by Gasteiger charge is -2.44. The number of nitrogens with zero attached hydrogens (tertiary/aromatic N) is 4. The highest BCUT2D eigenvalue weighted by Gasteiger charge is 2.44. The smallest absolute Gasteiger partial charge is 0.286 e. The lowest BCUT2D eigenvalue weighted by atomic mass is 9.69. The zero-order valence-corrected chi connectivity index (χ0v) is 32.4. The minimum Gasteiger partial charge on any atom is -0.490 e. The van der Waals surface area contributed by atoms with Crippen LogP contribution >= 0.6 is 11.6 Å². The van der Waals surface area contributed by atoms with Crippen molar-refractivity contribution in [2.24, 2.45) is 29.2 Å². The van der Waals surface area contributed by atoms with Crippen molar-refractivity contribution in [1.29, 1.82) is 0 Å². The molecule has 1 spiro atoms. The summed E-state index contributed by atoms with van der Waals surface area (Å²) in [6, 6.07) is 11.2. The van der Waals surface area contributed by atoms with E-state index in [-0.39, 0.29) is 46.0 Å². The highest BCUT2D eigenvalue weighted by molar-refractivity contribution is 7.93. The molecule has 13 heteroatoms. The first-order valence-corrected chi connectivity index (χ1v) is 20.0. The van der Waals surface area contributed by atoms with Gasteiger partial charge in [0.05, 0.1) is 24.7 Å². The Balaban J connectivity index is 1.39. The maximum absolute atomic E-state index is 14.7. The highest BCUT2D eigenvalue weighted by Crippen LogP contribution is 2.46. The number of hydrogen-bond acceptors (Lipinski definition) is 8. The third-order valence-electron chi connectivity index (χ3n) is 11.3. The average Bonchev–Trinajstić information content (AvgIpc) is 3.44. The monoisotopic (exact) mass is 761 g/mol. The van der Waals surface area contributed by atoms with Gasteiger partial charge in [0.25, 0.3) is 11.8 Å². The Kier molecular flexibility index (Phi) is 11.2. The van der Waals surface area contributed by atoms with E-state index in [2.05, 4.69) is 38.3 Å². The summed E-state index contributed by atoms with van der Waals surface area (Å²) in [6.45, 7) is 12.7. The molecule has 1 saturated carbocycles. The van der Waals surface area contributed by atoms with Crippen molar-refractivity contribution in [2.45, 2.75) is 63.0 Å². The number of anilines is 1. The second-order valence-electron chi connectivity index (χ2n) is 14.7. The van der Waals surface area contributed by atoms with Crippen LogP contribution in [0.4, 0.5) is 5.69 Å². The van der Waals surface area contributed by atoms with E-state index in [0.29, 0.717) is 42.6 Å². The van der Waals surface area contributed by atoms with E-state index in [9.17, 15) is 18.6 Å². The Labute approximate surface area is 317 Å². The van der Waals surface area contributed by atoms with E-state index in [0.717, 1.165) is 32.1 Å². The van der Waals surface area contributed by atoms with Crippen LogP contribution in [0.2, 0.25) is 5.02 Å². The molecular formula is C40H48ClN5O6S. The Morgan fingerprint density at radius 2 is 2.00 bits per heavy atom. The second-order valence-corrected chi connectivity index (χ2v) is 17.4. The molecule has 1 N–H and O–H groups in total. The van der Waals surface area contributed by atoms with Crippen LogP contribution in [0.5, 0.6) is 11.6 Å². The van der Waals surface area contributed by atoms with E-state index >= 15 is 0 Å². The van der Waals surface area contributed by atoms with Gasteiger partial charge in [-0.05, 0) is 105 Å². The number of benzene rings is 2. The molecule has 1 fully saturated rings. The summed E-state index contributed by atoms with van der Waals surface area (Å²) in [7, 11) is -0.679. The van der Waals surface area contributed by atoms with Crippen LogP contribution in [0.15, 0.2) is 72.3 Å². The van der Waals surface area contributed by atoms with E-state index in [1.165, 1.54) is 35.2 Å². The zero-order chi connectivity index (χ0) is 38.1. The van der Waals surface area contributed by atoms with Crippen LogP contribution in [-0.4, -0.2) is 63.6 Å². The predicted octanol–water partition coefficient (Wildman–Crippen LogP) is 6.89. The summed E-state index contributed by atoms with van der Waals surface area (Å²) in [5.74, 6) is -1.000. The SMILES string of the molecule is C=CC[C@H](C)[C@@H](C)S(=O)(=NC(=O)c1ccc2c(c1)N(C[C@@H]1CC[C@H]1C(=O)C=C)C[C@@]1(CCCc3cc(Cl)ccc31)CO2)NC(=O)c1cn(C)nc1OC. The first-order chi connectivity index (χ1) is 25.3. The average molecular weight is 762 g/mol. The van der Waals surface area contributed by atoms with Crippen molar-refractivity contribution in [3.63, 3.8) is 0 Å². The van der Waals surface area contributed by atoms with Gasteiger partial charge < -0.3 is 14.4 Å². The lowest BCUT2D eigenvalue weighted by molar-refractivity contribution is -0.122. The van der Waals surface area contributed by atoms with Gasteiger partial charge in [-0.3, -0.25) is 23.8 Å². The van der Waals surface area contributed by atoms with Gasteiger partial charge in [0.2, 0.25) is 5.88 Å². The molecule has 1 aromatic heterocycles. The van der Waals surface area contributed by atoms with Gasteiger partial charge >= 0.3 is 0 Å². The molecule has 0 radical (unpaired) electrons. The zero-order valence-electron chi connectivity index (χ0n) is 30.8. The maximum atomic E-state index is 14.7. The molecule has 53 heavy (non-hydrogen) atoms. The number of carbonyl (C=O) groups is 3. The standard InChI is InChI=1S/C40H48ClN5O6S/c1-7-10-25(3)26(4)53(50,44-38(49)32-22-45(5)42-39(32)51-6)43-37(48)28-13-17-36-34(20-28)46(21-29-12-15-31(29)35(47)8-2)23-40(24-52-36)18-9-11-27-19-30(41)14-16-33(27)40/h7-8,13-14,16-17,19-20,22,25-26,29,31H,1-2,9-12,15,18,21,23-24H2,3-6H3,(H,43,44,48,49,50)/t25-,26+,29-,31+,40-,53?/m0/s1. The van der Waals surface area contributed by atoms with Crippen LogP contribution in [-0.2, 0) is 33.6 Å². The van der Waals surface area contributed by atoms with E-state index in [4.69, 9.17) is 21.1 Å². The summed E-state index contributed by atoms with van der Waals surface area (Å²) in [4.78, 5) is 42.7.